The van der Waals surface area contributed by atoms with E-state index in [1.807, 2.05) is 6.92 Å². The molecule has 2 heterocycles. The van der Waals surface area contributed by atoms with Crippen molar-refractivity contribution in [3.63, 3.8) is 0 Å². The molecule has 6 heteroatoms. The number of nitrogens with zero attached hydrogens (tertiary/aromatic N) is 1. The predicted octanol–water partition coefficient (Wildman–Crippen LogP) is -0.0241. The van der Waals surface area contributed by atoms with Crippen LogP contribution in [0.5, 0.6) is 0 Å². The highest BCUT2D eigenvalue weighted by molar-refractivity contribution is 8.00. The van der Waals surface area contributed by atoms with E-state index in [1.54, 1.807) is 6.92 Å². The van der Waals surface area contributed by atoms with E-state index in [1.165, 1.54) is 16.7 Å². The lowest BCUT2D eigenvalue weighted by Crippen LogP contribution is -2.68. The van der Waals surface area contributed by atoms with Gasteiger partial charge < -0.3 is 10.8 Å². The molecule has 0 saturated carbocycles. The third kappa shape index (κ3) is 1.28. The Kier molecular flexibility index (Phi) is 2.27. The maximum absolute atomic E-state index is 11.5. The Hall–Kier alpha value is -1.01. The van der Waals surface area contributed by atoms with Gasteiger partial charge in [0.15, 0.2) is 0 Å². The molecule has 15 heavy (non-hydrogen) atoms. The van der Waals surface area contributed by atoms with Crippen LogP contribution in [0.25, 0.3) is 0 Å². The van der Waals surface area contributed by atoms with Crippen LogP contribution in [-0.2, 0) is 9.59 Å². The van der Waals surface area contributed by atoms with Gasteiger partial charge in [-0.2, -0.15) is 0 Å². The first kappa shape index (κ1) is 10.5. The Balaban J connectivity index is 2.43. The van der Waals surface area contributed by atoms with E-state index in [4.69, 9.17) is 10.8 Å². The van der Waals surface area contributed by atoms with Crippen LogP contribution in [0.1, 0.15) is 13.8 Å². The maximum Gasteiger partial charge on any atom is 0.352 e. The fourth-order valence-corrected chi connectivity index (χ4v) is 3.19. The molecule has 0 radical (unpaired) electrons. The minimum atomic E-state index is -1.05. The van der Waals surface area contributed by atoms with E-state index in [0.717, 1.165) is 5.57 Å². The fourth-order valence-electron chi connectivity index (χ4n) is 1.83. The lowest BCUT2D eigenvalue weighted by molar-refractivity contribution is -0.148. The van der Waals surface area contributed by atoms with Gasteiger partial charge in [-0.25, -0.2) is 4.79 Å². The van der Waals surface area contributed by atoms with Gasteiger partial charge in [0, 0.05) is 5.25 Å². The van der Waals surface area contributed by atoms with Crippen molar-refractivity contribution >= 4 is 23.6 Å². The maximum atomic E-state index is 11.5. The third-order valence-electron chi connectivity index (χ3n) is 2.85. The van der Waals surface area contributed by atoms with E-state index in [2.05, 4.69) is 0 Å². The van der Waals surface area contributed by atoms with Crippen molar-refractivity contribution in [3.8, 4) is 0 Å². The number of thioether (sulfide) groups is 1. The highest BCUT2D eigenvalue weighted by atomic mass is 32.2. The summed E-state index contributed by atoms with van der Waals surface area (Å²) in [4.78, 5) is 23.8. The van der Waals surface area contributed by atoms with Crippen LogP contribution in [0, 0.1) is 0 Å². The second kappa shape index (κ2) is 3.24. The van der Waals surface area contributed by atoms with Crippen molar-refractivity contribution in [1.29, 1.82) is 0 Å². The Bertz CT molecular complexity index is 380. The van der Waals surface area contributed by atoms with Gasteiger partial charge in [0.2, 0.25) is 5.91 Å². The number of carboxylic acids is 1. The average Bonchev–Trinajstić information content (AvgIpc) is 2.20. The number of carbonyl (C=O) groups is 2. The van der Waals surface area contributed by atoms with Crippen molar-refractivity contribution in [1.82, 2.24) is 4.90 Å². The molecule has 2 aliphatic heterocycles. The molecule has 0 aromatic heterocycles. The van der Waals surface area contributed by atoms with Gasteiger partial charge in [-0.1, -0.05) is 0 Å². The lowest BCUT2D eigenvalue weighted by Gasteiger charge is -2.49. The van der Waals surface area contributed by atoms with Gasteiger partial charge in [0.1, 0.15) is 17.1 Å². The molecule has 3 atom stereocenters. The van der Waals surface area contributed by atoms with E-state index in [-0.39, 0.29) is 22.2 Å². The molecule has 2 aliphatic rings. The summed E-state index contributed by atoms with van der Waals surface area (Å²) in [6, 6.07) is -0.556. The minimum Gasteiger partial charge on any atom is -0.477 e. The number of carboxylic acid groups (broad SMARTS) is 1. The van der Waals surface area contributed by atoms with Crippen molar-refractivity contribution in [2.75, 3.05) is 0 Å². The molecule has 0 spiro atoms. The quantitative estimate of drug-likeness (QED) is 0.616. The minimum absolute atomic E-state index is 0.0940. The van der Waals surface area contributed by atoms with Gasteiger partial charge in [-0.05, 0) is 19.4 Å². The summed E-state index contributed by atoms with van der Waals surface area (Å²) in [6.07, 6.45) is 0. The normalized spacial score (nSPS) is 35.0. The van der Waals surface area contributed by atoms with Crippen molar-refractivity contribution < 1.29 is 14.7 Å². The molecule has 0 aromatic rings. The van der Waals surface area contributed by atoms with Crippen LogP contribution in [0.15, 0.2) is 11.3 Å². The summed E-state index contributed by atoms with van der Waals surface area (Å²) in [5.41, 5.74) is 6.45. The smallest absolute Gasteiger partial charge is 0.352 e. The van der Waals surface area contributed by atoms with Crippen LogP contribution in [-0.4, -0.2) is 38.5 Å². The number of amides is 1. The molecule has 1 amide bonds. The summed E-state index contributed by atoms with van der Waals surface area (Å²) in [5, 5.41) is 8.94. The average molecular weight is 228 g/mol. The zero-order valence-corrected chi connectivity index (χ0v) is 9.25. The number of hydrogen-bond acceptors (Lipinski definition) is 4. The number of aliphatic carboxylic acids is 1. The zero-order chi connectivity index (χ0) is 11.3. The topological polar surface area (TPSA) is 83.6 Å². The molecule has 0 bridgehead atoms. The Morgan fingerprint density at radius 3 is 2.73 bits per heavy atom. The first-order chi connectivity index (χ1) is 6.95. The second-order valence-corrected chi connectivity index (χ2v) is 5.20. The van der Waals surface area contributed by atoms with Crippen molar-refractivity contribution in [2.24, 2.45) is 5.73 Å². The molecule has 0 aliphatic carbocycles. The number of fused-ring (bicyclic) bond motifs is 1. The van der Waals surface area contributed by atoms with Crippen LogP contribution >= 0.6 is 11.8 Å². The van der Waals surface area contributed by atoms with Crippen molar-refractivity contribution in [2.45, 2.75) is 30.5 Å². The summed E-state index contributed by atoms with van der Waals surface area (Å²) in [6.45, 7) is 3.67. The van der Waals surface area contributed by atoms with E-state index < -0.39 is 12.0 Å². The molecular formula is C9H12N2O3S. The van der Waals surface area contributed by atoms with E-state index in [9.17, 15) is 9.59 Å². The number of nitrogens with two attached hydrogens (primary N) is 1. The molecule has 2 rings (SSSR count). The monoisotopic (exact) mass is 228 g/mol. The Morgan fingerprint density at radius 2 is 2.20 bits per heavy atom. The Morgan fingerprint density at radius 1 is 1.60 bits per heavy atom. The van der Waals surface area contributed by atoms with Crippen LogP contribution < -0.4 is 5.73 Å². The first-order valence-electron chi connectivity index (χ1n) is 4.63. The largest absolute Gasteiger partial charge is 0.477 e. The highest BCUT2D eigenvalue weighted by Gasteiger charge is 2.52. The summed E-state index contributed by atoms with van der Waals surface area (Å²) < 4.78 is 0. The highest BCUT2D eigenvalue weighted by Crippen LogP contribution is 2.42. The van der Waals surface area contributed by atoms with Gasteiger partial charge in [-0.15, -0.1) is 11.8 Å². The Labute approximate surface area is 91.3 Å². The van der Waals surface area contributed by atoms with Gasteiger partial charge in [-0.3, -0.25) is 9.69 Å². The standard InChI is InChI=1S/C9H12N2O3S/c1-3-4(2)15-8-5(10)7(12)11(8)6(3)9(13)14/h4-5,8H,10H2,1-2H3,(H,13,14)/t4?,5?,8-/m1/s1. The lowest BCUT2D eigenvalue weighted by atomic mass is 10.0. The van der Waals surface area contributed by atoms with Gasteiger partial charge >= 0.3 is 5.97 Å². The van der Waals surface area contributed by atoms with E-state index >= 15 is 0 Å². The van der Waals surface area contributed by atoms with E-state index in [0.29, 0.717) is 0 Å². The van der Waals surface area contributed by atoms with Crippen LogP contribution in [0.4, 0.5) is 0 Å². The predicted molar refractivity (Wildman–Crippen MR) is 56.0 cm³/mol. The SMILES string of the molecule is CC1=C(C(=O)O)N2C(=O)C(N)[C@H]2SC1C. The number of β-lactam (4-membered cyclic amide) rings is 1. The number of hydrogen-bond donors (Lipinski definition) is 2. The number of rotatable bonds is 1. The van der Waals surface area contributed by atoms with Gasteiger partial charge in [0.05, 0.1) is 0 Å². The molecular weight excluding hydrogens is 216 g/mol. The summed E-state index contributed by atoms with van der Waals surface area (Å²) in [7, 11) is 0. The molecule has 5 nitrogen and oxygen atoms in total. The molecule has 2 unspecified atom stereocenters. The fraction of sp³-hybridized carbons (Fsp3) is 0.556. The summed E-state index contributed by atoms with van der Waals surface area (Å²) >= 11 is 1.54. The summed E-state index contributed by atoms with van der Waals surface area (Å²) in [5.74, 6) is -1.35. The third-order valence-corrected chi connectivity index (χ3v) is 4.40. The van der Waals surface area contributed by atoms with Crippen LogP contribution in [0.3, 0.4) is 0 Å². The zero-order valence-electron chi connectivity index (χ0n) is 8.43. The number of carbonyl (C=O) groups excluding carboxylic acids is 1. The van der Waals surface area contributed by atoms with Crippen molar-refractivity contribution in [3.05, 3.63) is 11.3 Å². The second-order valence-electron chi connectivity index (χ2n) is 3.74. The molecule has 1 saturated heterocycles. The molecule has 0 aromatic carbocycles. The molecule has 1 fully saturated rings. The van der Waals surface area contributed by atoms with Gasteiger partial charge in [0.25, 0.3) is 0 Å². The van der Waals surface area contributed by atoms with Crippen LogP contribution in [0.2, 0.25) is 0 Å². The molecule has 82 valence electrons. The molecule has 3 N–H and O–H groups in total. The first-order valence-corrected chi connectivity index (χ1v) is 5.57.